The minimum atomic E-state index is 0.0523. The monoisotopic (exact) mass is 290 g/mol. The Kier molecular flexibility index (Phi) is 6.14. The lowest BCUT2D eigenvalue weighted by Gasteiger charge is -2.35. The van der Waals surface area contributed by atoms with Gasteiger partial charge in [-0.25, -0.2) is 0 Å². The van der Waals surface area contributed by atoms with Crippen LogP contribution in [0.15, 0.2) is 18.3 Å². The Hall–Kier alpha value is -1.46. The van der Waals surface area contributed by atoms with Gasteiger partial charge in [0.1, 0.15) is 0 Å². The molecule has 2 rings (SSSR count). The van der Waals surface area contributed by atoms with Gasteiger partial charge in [0.05, 0.1) is 5.69 Å². The van der Waals surface area contributed by atoms with Crippen LogP contribution in [0.2, 0.25) is 0 Å². The predicted octanol–water partition coefficient (Wildman–Crippen LogP) is 1.21. The molecule has 0 aromatic carbocycles. The molecule has 1 aliphatic rings. The maximum absolute atomic E-state index is 11.6. The number of nitrogens with zero attached hydrogens (tertiary/aromatic N) is 2. The maximum atomic E-state index is 11.6. The Morgan fingerprint density at radius 2 is 2.33 bits per heavy atom. The van der Waals surface area contributed by atoms with E-state index >= 15 is 0 Å². The average molecular weight is 290 g/mol. The smallest absolute Gasteiger partial charge is 0.221 e. The second-order valence-electron chi connectivity index (χ2n) is 5.79. The van der Waals surface area contributed by atoms with Gasteiger partial charge in [-0.3, -0.25) is 14.7 Å². The first-order chi connectivity index (χ1) is 10.2. The number of nitrogens with one attached hydrogen (secondary N) is 1. The van der Waals surface area contributed by atoms with E-state index in [4.69, 9.17) is 5.73 Å². The summed E-state index contributed by atoms with van der Waals surface area (Å²) in [6.07, 6.45) is 5.91. The van der Waals surface area contributed by atoms with E-state index in [1.54, 1.807) is 0 Å². The van der Waals surface area contributed by atoms with Gasteiger partial charge in [0.25, 0.3) is 0 Å². The Labute approximate surface area is 126 Å². The lowest BCUT2D eigenvalue weighted by atomic mass is 10.0. The molecule has 0 saturated carbocycles. The van der Waals surface area contributed by atoms with Crippen LogP contribution in [0.4, 0.5) is 0 Å². The zero-order valence-electron chi connectivity index (χ0n) is 12.8. The van der Waals surface area contributed by atoms with Gasteiger partial charge in [0.2, 0.25) is 5.91 Å². The van der Waals surface area contributed by atoms with Crippen molar-refractivity contribution in [3.05, 3.63) is 29.6 Å². The molecule has 1 unspecified atom stereocenters. The number of rotatable bonds is 6. The van der Waals surface area contributed by atoms with Crippen LogP contribution in [0.1, 0.15) is 36.9 Å². The number of hydrogen-bond donors (Lipinski definition) is 2. The van der Waals surface area contributed by atoms with Gasteiger partial charge in [0, 0.05) is 38.3 Å². The van der Waals surface area contributed by atoms with E-state index in [1.807, 2.05) is 13.1 Å². The molecule has 1 amide bonds. The number of nitrogens with two attached hydrogens (primary N) is 1. The summed E-state index contributed by atoms with van der Waals surface area (Å²) < 4.78 is 0. The van der Waals surface area contributed by atoms with E-state index in [9.17, 15) is 4.79 Å². The first kappa shape index (κ1) is 15.9. The molecule has 5 heteroatoms. The van der Waals surface area contributed by atoms with E-state index < -0.39 is 0 Å². The third-order valence-corrected chi connectivity index (χ3v) is 3.99. The summed E-state index contributed by atoms with van der Waals surface area (Å²) in [4.78, 5) is 18.5. The number of piperidine rings is 1. The molecule has 1 saturated heterocycles. The fourth-order valence-corrected chi connectivity index (χ4v) is 2.75. The third kappa shape index (κ3) is 5.10. The summed E-state index contributed by atoms with van der Waals surface area (Å²) in [5, 5.41) is 3.00. The minimum absolute atomic E-state index is 0.0523. The van der Waals surface area contributed by atoms with E-state index in [0.29, 0.717) is 25.6 Å². The first-order valence-electron chi connectivity index (χ1n) is 7.81. The van der Waals surface area contributed by atoms with E-state index in [0.717, 1.165) is 25.2 Å². The average Bonchev–Trinajstić information content (AvgIpc) is 2.49. The van der Waals surface area contributed by atoms with Crippen molar-refractivity contribution >= 4 is 5.91 Å². The van der Waals surface area contributed by atoms with Crippen LogP contribution in [0.5, 0.6) is 0 Å². The molecule has 3 N–H and O–H groups in total. The highest BCUT2D eigenvalue weighted by atomic mass is 16.1. The van der Waals surface area contributed by atoms with Gasteiger partial charge < -0.3 is 11.1 Å². The lowest BCUT2D eigenvalue weighted by molar-refractivity contribution is -0.121. The molecule has 1 aromatic rings. The van der Waals surface area contributed by atoms with Gasteiger partial charge >= 0.3 is 0 Å². The first-order valence-corrected chi connectivity index (χ1v) is 7.81. The van der Waals surface area contributed by atoms with Crippen LogP contribution in [-0.2, 0) is 11.3 Å². The molecule has 0 radical (unpaired) electrons. The summed E-state index contributed by atoms with van der Waals surface area (Å²) in [7, 11) is 0. The van der Waals surface area contributed by atoms with Gasteiger partial charge in [-0.1, -0.05) is 12.5 Å². The third-order valence-electron chi connectivity index (χ3n) is 3.99. The summed E-state index contributed by atoms with van der Waals surface area (Å²) in [6.45, 7) is 5.11. The second-order valence-corrected chi connectivity index (χ2v) is 5.79. The number of carbonyl (C=O) groups is 1. The number of aryl methyl sites for hydroxylation is 1. The second kappa shape index (κ2) is 8.10. The van der Waals surface area contributed by atoms with E-state index in [1.165, 1.54) is 18.4 Å². The van der Waals surface area contributed by atoms with Crippen LogP contribution in [-0.4, -0.2) is 41.5 Å². The molecule has 2 heterocycles. The number of aromatic nitrogens is 1. The van der Waals surface area contributed by atoms with Crippen LogP contribution >= 0.6 is 0 Å². The molecule has 116 valence electrons. The molecule has 1 atom stereocenters. The van der Waals surface area contributed by atoms with Crippen molar-refractivity contribution in [3.63, 3.8) is 0 Å². The van der Waals surface area contributed by atoms with Crippen molar-refractivity contribution in [3.8, 4) is 0 Å². The quantitative estimate of drug-likeness (QED) is 0.826. The predicted molar refractivity (Wildman–Crippen MR) is 83.7 cm³/mol. The van der Waals surface area contributed by atoms with Gasteiger partial charge in [-0.05, 0) is 37.9 Å². The summed E-state index contributed by atoms with van der Waals surface area (Å²) in [6, 6.07) is 4.60. The molecule has 1 aliphatic heterocycles. The Balaban J connectivity index is 1.89. The molecular formula is C16H26N4O. The zero-order chi connectivity index (χ0) is 15.1. The van der Waals surface area contributed by atoms with Crippen molar-refractivity contribution in [1.29, 1.82) is 0 Å². The topological polar surface area (TPSA) is 71.2 Å². The highest BCUT2D eigenvalue weighted by molar-refractivity contribution is 5.76. The minimum Gasteiger partial charge on any atom is -0.354 e. The lowest BCUT2D eigenvalue weighted by Crippen LogP contribution is -2.46. The van der Waals surface area contributed by atoms with E-state index in [-0.39, 0.29) is 5.91 Å². The molecule has 0 bridgehead atoms. The van der Waals surface area contributed by atoms with Crippen molar-refractivity contribution < 1.29 is 4.79 Å². The van der Waals surface area contributed by atoms with Crippen LogP contribution < -0.4 is 11.1 Å². The summed E-state index contributed by atoms with van der Waals surface area (Å²) >= 11 is 0. The van der Waals surface area contributed by atoms with Crippen molar-refractivity contribution in [2.45, 2.75) is 45.2 Å². The number of hydrogen-bond acceptors (Lipinski definition) is 4. The Bertz CT molecular complexity index is 446. The number of pyridine rings is 1. The van der Waals surface area contributed by atoms with Gasteiger partial charge in [0.15, 0.2) is 0 Å². The maximum Gasteiger partial charge on any atom is 0.221 e. The largest absolute Gasteiger partial charge is 0.354 e. The number of carbonyl (C=O) groups excluding carboxylic acids is 1. The molecule has 1 aromatic heterocycles. The van der Waals surface area contributed by atoms with Gasteiger partial charge in [-0.15, -0.1) is 0 Å². The molecule has 0 aliphatic carbocycles. The molecular weight excluding hydrogens is 264 g/mol. The standard InChI is InChI=1S/C16H26N4O/c1-13-5-6-14(18-10-13)12-20-9-3-2-4-15(20)11-19-16(21)7-8-17/h5-6,10,15H,2-4,7-9,11-12,17H2,1H3,(H,19,21). The van der Waals surface area contributed by atoms with E-state index in [2.05, 4.69) is 27.3 Å². The van der Waals surface area contributed by atoms with Crippen LogP contribution in [0.3, 0.4) is 0 Å². The SMILES string of the molecule is Cc1ccc(CN2CCCCC2CNC(=O)CCN)nc1. The fourth-order valence-electron chi connectivity index (χ4n) is 2.75. The summed E-state index contributed by atoms with van der Waals surface area (Å²) in [5.74, 6) is 0.0523. The van der Waals surface area contributed by atoms with Crippen LogP contribution in [0.25, 0.3) is 0 Å². The fraction of sp³-hybridized carbons (Fsp3) is 0.625. The number of likely N-dealkylation sites (tertiary alicyclic amines) is 1. The normalized spacial score (nSPS) is 19.4. The highest BCUT2D eigenvalue weighted by Crippen LogP contribution is 2.18. The highest BCUT2D eigenvalue weighted by Gasteiger charge is 2.23. The summed E-state index contributed by atoms with van der Waals surface area (Å²) in [5.41, 5.74) is 7.68. The van der Waals surface area contributed by atoms with Crippen molar-refractivity contribution in [2.75, 3.05) is 19.6 Å². The van der Waals surface area contributed by atoms with Gasteiger partial charge in [-0.2, -0.15) is 0 Å². The molecule has 1 fully saturated rings. The van der Waals surface area contributed by atoms with Crippen molar-refractivity contribution in [1.82, 2.24) is 15.2 Å². The van der Waals surface area contributed by atoms with Crippen molar-refractivity contribution in [2.24, 2.45) is 5.73 Å². The van der Waals surface area contributed by atoms with Crippen LogP contribution in [0, 0.1) is 6.92 Å². The zero-order valence-corrected chi connectivity index (χ0v) is 12.8. The Morgan fingerprint density at radius 1 is 1.48 bits per heavy atom. The molecule has 0 spiro atoms. The molecule has 5 nitrogen and oxygen atoms in total. The number of amides is 1. The Morgan fingerprint density at radius 3 is 3.05 bits per heavy atom. The molecule has 21 heavy (non-hydrogen) atoms.